The average Bonchev–Trinajstić information content (AvgIpc) is 2.56. The van der Waals surface area contributed by atoms with Crippen LogP contribution in [0.25, 0.3) is 0 Å². The van der Waals surface area contributed by atoms with Crippen LogP contribution in [0, 0.1) is 0 Å². The topological polar surface area (TPSA) is 128 Å². The number of esters is 1. The van der Waals surface area contributed by atoms with Crippen LogP contribution in [-0.4, -0.2) is 41.9 Å². The first-order valence-corrected chi connectivity index (χ1v) is 8.07. The maximum Gasteiger partial charge on any atom is 0.516 e. The number of benzene rings is 1. The van der Waals surface area contributed by atoms with Crippen LogP contribution in [0.5, 0.6) is 0 Å². The molecule has 1 aromatic carbocycles. The normalized spacial score (nSPS) is 11.7. The maximum absolute atomic E-state index is 12.3. The largest absolute Gasteiger partial charge is 0.516 e. The Morgan fingerprint density at radius 3 is 2.15 bits per heavy atom. The molecule has 0 bridgehead atoms. The summed E-state index contributed by atoms with van der Waals surface area (Å²) in [6.45, 7) is 5.34. The molecule has 27 heavy (non-hydrogen) atoms. The Hall–Kier alpha value is -3.23. The summed E-state index contributed by atoms with van der Waals surface area (Å²) in [5, 5.41) is 4.45. The molecule has 0 aliphatic carbocycles. The highest BCUT2D eigenvalue weighted by molar-refractivity contribution is 6.35. The monoisotopic (exact) mass is 378 g/mol. The van der Waals surface area contributed by atoms with Gasteiger partial charge in [0.05, 0.1) is 6.54 Å². The van der Waals surface area contributed by atoms with Gasteiger partial charge in [-0.1, -0.05) is 30.3 Å². The lowest BCUT2D eigenvalue weighted by molar-refractivity contribution is -0.146. The molecule has 1 unspecified atom stereocenters. The zero-order chi connectivity index (χ0) is 20.6. The maximum atomic E-state index is 12.3. The molecule has 9 heteroatoms. The van der Waals surface area contributed by atoms with Gasteiger partial charge in [-0.2, -0.15) is 0 Å². The third-order valence-electron chi connectivity index (χ3n) is 2.98. The molecular formula is C18H22N2O7. The Kier molecular flexibility index (Phi) is 7.64. The van der Waals surface area contributed by atoms with Crippen LogP contribution in [0.2, 0.25) is 0 Å². The lowest BCUT2D eigenvalue weighted by Crippen LogP contribution is -2.43. The van der Waals surface area contributed by atoms with Gasteiger partial charge in [-0.15, -0.1) is 0 Å². The van der Waals surface area contributed by atoms with E-state index in [1.165, 1.54) is 0 Å². The van der Waals surface area contributed by atoms with E-state index in [0.29, 0.717) is 5.56 Å². The molecule has 2 N–H and O–H groups in total. The van der Waals surface area contributed by atoms with Crippen molar-refractivity contribution in [1.82, 2.24) is 10.6 Å². The molecule has 0 saturated carbocycles. The van der Waals surface area contributed by atoms with Gasteiger partial charge in [0.1, 0.15) is 5.60 Å². The van der Waals surface area contributed by atoms with Gasteiger partial charge < -0.3 is 20.1 Å². The molecule has 0 aliphatic rings. The van der Waals surface area contributed by atoms with E-state index in [4.69, 9.17) is 4.74 Å². The Labute approximate surface area is 156 Å². The zero-order valence-electron chi connectivity index (χ0n) is 15.5. The first-order valence-electron chi connectivity index (χ1n) is 8.07. The smallest absolute Gasteiger partial charge is 0.428 e. The minimum absolute atomic E-state index is 0.359. The molecule has 0 aromatic heterocycles. The van der Waals surface area contributed by atoms with Crippen LogP contribution in [0.15, 0.2) is 30.3 Å². The van der Waals surface area contributed by atoms with E-state index in [9.17, 15) is 24.0 Å². The van der Waals surface area contributed by atoms with Gasteiger partial charge in [0.2, 0.25) is 11.7 Å². The molecule has 0 fully saturated rings. The summed E-state index contributed by atoms with van der Waals surface area (Å²) in [6.07, 6.45) is -1.20. The lowest BCUT2D eigenvalue weighted by Gasteiger charge is -2.21. The third-order valence-corrected chi connectivity index (χ3v) is 2.98. The Morgan fingerprint density at radius 1 is 1.04 bits per heavy atom. The molecule has 0 heterocycles. The van der Waals surface area contributed by atoms with Crippen LogP contribution in [0.4, 0.5) is 4.79 Å². The van der Waals surface area contributed by atoms with Gasteiger partial charge in [0, 0.05) is 6.92 Å². The summed E-state index contributed by atoms with van der Waals surface area (Å²) < 4.78 is 9.57. The van der Waals surface area contributed by atoms with E-state index in [-0.39, 0.29) is 0 Å². The summed E-state index contributed by atoms with van der Waals surface area (Å²) in [5.74, 6) is -3.49. The van der Waals surface area contributed by atoms with E-state index < -0.39 is 47.9 Å². The number of carbonyl (C=O) groups is 5. The van der Waals surface area contributed by atoms with E-state index in [2.05, 4.69) is 15.4 Å². The quantitative estimate of drug-likeness (QED) is 0.430. The number of Topliss-reactive ketones (excluding diaryl/α,β-unsaturated/α-hetero) is 1. The Bertz CT molecular complexity index is 723. The predicted octanol–water partition coefficient (Wildman–Crippen LogP) is 1.03. The summed E-state index contributed by atoms with van der Waals surface area (Å²) in [7, 11) is 0. The number of amides is 2. The van der Waals surface area contributed by atoms with Gasteiger partial charge in [-0.3, -0.25) is 14.4 Å². The SMILES string of the molecule is CC(=O)C(=O)NCC(=O)NC(C(=O)OC(=O)OC(C)(C)C)c1ccccc1. The van der Waals surface area contributed by atoms with Crippen molar-refractivity contribution < 1.29 is 33.4 Å². The van der Waals surface area contributed by atoms with Gasteiger partial charge in [0.25, 0.3) is 5.91 Å². The molecule has 1 rings (SSSR count). The lowest BCUT2D eigenvalue weighted by atomic mass is 10.1. The Balaban J connectivity index is 2.84. The fourth-order valence-corrected chi connectivity index (χ4v) is 1.83. The highest BCUT2D eigenvalue weighted by Gasteiger charge is 2.29. The number of rotatable bonds is 6. The van der Waals surface area contributed by atoms with Crippen molar-refractivity contribution in [3.8, 4) is 0 Å². The van der Waals surface area contributed by atoms with Crippen molar-refractivity contribution in [2.45, 2.75) is 39.3 Å². The molecule has 1 aromatic rings. The molecule has 0 aliphatic heterocycles. The highest BCUT2D eigenvalue weighted by Crippen LogP contribution is 2.16. The number of nitrogens with one attached hydrogen (secondary N) is 2. The van der Waals surface area contributed by atoms with E-state index in [1.807, 2.05) is 0 Å². The number of ether oxygens (including phenoxy) is 2. The van der Waals surface area contributed by atoms with Gasteiger partial charge >= 0.3 is 12.1 Å². The molecule has 1 atom stereocenters. The zero-order valence-corrected chi connectivity index (χ0v) is 15.5. The first-order chi connectivity index (χ1) is 12.5. The molecule has 0 saturated heterocycles. The van der Waals surface area contributed by atoms with Crippen molar-refractivity contribution in [2.24, 2.45) is 0 Å². The van der Waals surface area contributed by atoms with Crippen molar-refractivity contribution in [3.63, 3.8) is 0 Å². The summed E-state index contributed by atoms with van der Waals surface area (Å²) >= 11 is 0. The number of ketones is 1. The molecule has 0 spiro atoms. The molecule has 2 amide bonds. The second-order valence-corrected chi connectivity index (χ2v) is 6.54. The van der Waals surface area contributed by atoms with Gasteiger partial charge in [-0.25, -0.2) is 9.59 Å². The molecule has 9 nitrogen and oxygen atoms in total. The van der Waals surface area contributed by atoms with Crippen LogP contribution in [0.1, 0.15) is 39.3 Å². The standard InChI is InChI=1S/C18H22N2O7/c1-11(21)15(23)19-10-13(22)20-14(12-8-6-5-7-9-12)16(24)26-17(25)27-18(2,3)4/h5-9,14H,10H2,1-4H3,(H,19,23)(H,20,22). The van der Waals surface area contributed by atoms with E-state index in [0.717, 1.165) is 6.92 Å². The second kappa shape index (κ2) is 9.46. The van der Waals surface area contributed by atoms with Crippen LogP contribution in [0.3, 0.4) is 0 Å². The van der Waals surface area contributed by atoms with Crippen molar-refractivity contribution >= 4 is 29.7 Å². The number of hydrogen-bond donors (Lipinski definition) is 2. The summed E-state index contributed by atoms with van der Waals surface area (Å²) in [4.78, 5) is 58.2. The molecule has 0 radical (unpaired) electrons. The van der Waals surface area contributed by atoms with Crippen molar-refractivity contribution in [3.05, 3.63) is 35.9 Å². The van der Waals surface area contributed by atoms with E-state index in [1.54, 1.807) is 51.1 Å². The first kappa shape index (κ1) is 21.8. The summed E-state index contributed by atoms with van der Waals surface area (Å²) in [6, 6.07) is 6.76. The third kappa shape index (κ3) is 8.13. The highest BCUT2D eigenvalue weighted by atomic mass is 16.7. The van der Waals surface area contributed by atoms with Crippen molar-refractivity contribution in [1.29, 1.82) is 0 Å². The average molecular weight is 378 g/mol. The number of carbonyl (C=O) groups excluding carboxylic acids is 5. The van der Waals surface area contributed by atoms with Crippen LogP contribution < -0.4 is 10.6 Å². The van der Waals surface area contributed by atoms with E-state index >= 15 is 0 Å². The predicted molar refractivity (Wildman–Crippen MR) is 93.3 cm³/mol. The van der Waals surface area contributed by atoms with Crippen molar-refractivity contribution in [2.75, 3.05) is 6.54 Å². The van der Waals surface area contributed by atoms with Gasteiger partial charge in [-0.05, 0) is 26.3 Å². The second-order valence-electron chi connectivity index (χ2n) is 6.54. The fraction of sp³-hybridized carbons (Fsp3) is 0.389. The van der Waals surface area contributed by atoms with Crippen LogP contribution >= 0.6 is 0 Å². The fourth-order valence-electron chi connectivity index (χ4n) is 1.83. The van der Waals surface area contributed by atoms with Crippen LogP contribution in [-0.2, 0) is 28.7 Å². The number of hydrogen-bond acceptors (Lipinski definition) is 7. The summed E-state index contributed by atoms with van der Waals surface area (Å²) in [5.41, 5.74) is -0.503. The Morgan fingerprint density at radius 2 is 1.63 bits per heavy atom. The minimum Gasteiger partial charge on any atom is -0.428 e. The minimum atomic E-state index is -1.31. The molecule has 146 valence electrons. The van der Waals surface area contributed by atoms with Gasteiger partial charge in [0.15, 0.2) is 6.04 Å². The molecular weight excluding hydrogens is 356 g/mol.